The average molecular weight is 557 g/mol. The van der Waals surface area contributed by atoms with Crippen molar-refractivity contribution in [1.29, 1.82) is 0 Å². The van der Waals surface area contributed by atoms with E-state index in [4.69, 9.17) is 4.42 Å². The van der Waals surface area contributed by atoms with E-state index in [9.17, 15) is 18.4 Å². The summed E-state index contributed by atoms with van der Waals surface area (Å²) >= 11 is 0. The second-order valence-electron chi connectivity index (χ2n) is 9.35. The Morgan fingerprint density at radius 3 is 2.24 bits per heavy atom. The third-order valence-electron chi connectivity index (χ3n) is 6.32. The molecule has 41 heavy (non-hydrogen) atoms. The summed E-state index contributed by atoms with van der Waals surface area (Å²) < 4.78 is 32.5. The SMILES string of the molecule is Cc1ccc([C@H](C(=O)NCc2ccc(F)cc2)N(Cc2ccccc2)C(=O)Cn2nnc(-c3ccc(F)cc3)n2)o1. The predicted molar refractivity (Wildman–Crippen MR) is 145 cm³/mol. The minimum absolute atomic E-state index is 0.0908. The number of amides is 2. The van der Waals surface area contributed by atoms with E-state index in [0.717, 1.165) is 10.4 Å². The van der Waals surface area contributed by atoms with Crippen molar-refractivity contribution in [2.24, 2.45) is 0 Å². The molecule has 5 rings (SSSR count). The summed E-state index contributed by atoms with van der Waals surface area (Å²) in [5, 5.41) is 15.1. The minimum Gasteiger partial charge on any atom is -0.464 e. The summed E-state index contributed by atoms with van der Waals surface area (Å²) in [5.74, 6) is -0.646. The number of hydrogen-bond donors (Lipinski definition) is 1. The molecule has 0 saturated heterocycles. The topological polar surface area (TPSA) is 106 Å². The van der Waals surface area contributed by atoms with E-state index in [1.54, 1.807) is 31.2 Å². The van der Waals surface area contributed by atoms with Crippen molar-refractivity contribution in [3.05, 3.63) is 125 Å². The van der Waals surface area contributed by atoms with Crippen molar-refractivity contribution < 1.29 is 22.8 Å². The molecular formula is C30H26F2N6O3. The number of benzene rings is 3. The van der Waals surface area contributed by atoms with Gasteiger partial charge in [-0.2, -0.15) is 4.80 Å². The van der Waals surface area contributed by atoms with E-state index < -0.39 is 23.7 Å². The number of hydrogen-bond acceptors (Lipinski definition) is 6. The molecule has 1 N–H and O–H groups in total. The molecule has 5 aromatic rings. The highest BCUT2D eigenvalue weighted by Crippen LogP contribution is 2.26. The van der Waals surface area contributed by atoms with Gasteiger partial charge in [-0.25, -0.2) is 8.78 Å². The van der Waals surface area contributed by atoms with Crippen LogP contribution < -0.4 is 5.32 Å². The van der Waals surface area contributed by atoms with Gasteiger partial charge in [-0.05, 0) is 71.8 Å². The zero-order valence-electron chi connectivity index (χ0n) is 22.1. The Balaban J connectivity index is 1.43. The van der Waals surface area contributed by atoms with Crippen molar-refractivity contribution >= 4 is 11.8 Å². The van der Waals surface area contributed by atoms with Gasteiger partial charge in [-0.15, -0.1) is 10.2 Å². The van der Waals surface area contributed by atoms with Gasteiger partial charge in [0.15, 0.2) is 6.04 Å². The molecule has 0 fully saturated rings. The van der Waals surface area contributed by atoms with E-state index in [0.29, 0.717) is 16.9 Å². The number of carbonyl (C=O) groups is 2. The Morgan fingerprint density at radius 2 is 1.59 bits per heavy atom. The number of nitrogens with zero attached hydrogens (tertiary/aromatic N) is 5. The minimum atomic E-state index is -1.13. The molecule has 0 aliphatic carbocycles. The van der Waals surface area contributed by atoms with E-state index in [2.05, 4.69) is 20.7 Å². The molecule has 0 radical (unpaired) electrons. The fourth-order valence-corrected chi connectivity index (χ4v) is 4.25. The van der Waals surface area contributed by atoms with Gasteiger partial charge >= 0.3 is 0 Å². The molecule has 3 aromatic carbocycles. The molecule has 2 amide bonds. The van der Waals surface area contributed by atoms with Crippen LogP contribution in [0.25, 0.3) is 11.4 Å². The summed E-state index contributed by atoms with van der Waals surface area (Å²) in [4.78, 5) is 30.0. The average Bonchev–Trinajstić information content (AvgIpc) is 3.62. The summed E-state index contributed by atoms with van der Waals surface area (Å²) in [6.07, 6.45) is 0. The molecule has 0 spiro atoms. The zero-order chi connectivity index (χ0) is 28.8. The van der Waals surface area contributed by atoms with Gasteiger partial charge in [-0.1, -0.05) is 42.5 Å². The van der Waals surface area contributed by atoms with Gasteiger partial charge < -0.3 is 14.6 Å². The fraction of sp³-hybridized carbons (Fsp3) is 0.167. The highest BCUT2D eigenvalue weighted by Gasteiger charge is 2.34. The third-order valence-corrected chi connectivity index (χ3v) is 6.32. The van der Waals surface area contributed by atoms with E-state index >= 15 is 0 Å². The van der Waals surface area contributed by atoms with Crippen LogP contribution in [0.2, 0.25) is 0 Å². The monoisotopic (exact) mass is 556 g/mol. The Labute approximate surface area is 234 Å². The first-order valence-electron chi connectivity index (χ1n) is 12.8. The number of aromatic nitrogens is 4. The quantitative estimate of drug-likeness (QED) is 0.269. The van der Waals surface area contributed by atoms with Crippen LogP contribution in [0.1, 0.15) is 28.7 Å². The second kappa shape index (κ2) is 12.3. The molecule has 2 aromatic heterocycles. The first-order chi connectivity index (χ1) is 19.9. The normalized spacial score (nSPS) is 11.7. The van der Waals surface area contributed by atoms with Crippen LogP contribution in [-0.2, 0) is 29.2 Å². The summed E-state index contributed by atoms with van der Waals surface area (Å²) in [7, 11) is 0. The van der Waals surface area contributed by atoms with Gasteiger partial charge in [0, 0.05) is 18.7 Å². The Morgan fingerprint density at radius 1 is 0.902 bits per heavy atom. The van der Waals surface area contributed by atoms with E-state index in [1.165, 1.54) is 41.3 Å². The molecule has 208 valence electrons. The highest BCUT2D eigenvalue weighted by molar-refractivity contribution is 5.88. The summed E-state index contributed by atoms with van der Waals surface area (Å²) in [6, 6.07) is 22.8. The number of aryl methyl sites for hydroxylation is 1. The first-order valence-corrected chi connectivity index (χ1v) is 12.8. The number of furan rings is 1. The third kappa shape index (κ3) is 6.88. The van der Waals surface area contributed by atoms with Gasteiger partial charge in [0.25, 0.3) is 5.91 Å². The van der Waals surface area contributed by atoms with Crippen LogP contribution in [-0.4, -0.2) is 36.9 Å². The molecule has 1 atom stereocenters. The Hall–Kier alpha value is -5.19. The molecule has 0 aliphatic rings. The van der Waals surface area contributed by atoms with Crippen LogP contribution >= 0.6 is 0 Å². The molecule has 9 nitrogen and oxygen atoms in total. The fourth-order valence-electron chi connectivity index (χ4n) is 4.25. The van der Waals surface area contributed by atoms with Gasteiger partial charge in [-0.3, -0.25) is 9.59 Å². The maximum Gasteiger partial charge on any atom is 0.251 e. The standard InChI is InChI=1S/C30H26F2N6O3/c1-20-7-16-26(41-20)28(30(40)33-17-21-8-12-24(31)13-9-21)37(18-22-5-3-2-4-6-22)27(39)19-38-35-29(34-36-38)23-10-14-25(32)15-11-23/h2-16,28H,17-19H2,1H3,(H,33,40)/t28-/m1/s1. The first kappa shape index (κ1) is 27.4. The smallest absolute Gasteiger partial charge is 0.251 e. The Bertz CT molecular complexity index is 1620. The lowest BCUT2D eigenvalue weighted by molar-refractivity contribution is -0.143. The molecule has 0 unspecified atom stereocenters. The molecule has 2 heterocycles. The number of rotatable bonds is 10. The van der Waals surface area contributed by atoms with Crippen LogP contribution in [0.4, 0.5) is 8.78 Å². The van der Waals surface area contributed by atoms with E-state index in [1.807, 2.05) is 30.3 Å². The van der Waals surface area contributed by atoms with Crippen LogP contribution in [0.3, 0.4) is 0 Å². The molecule has 0 bridgehead atoms. The number of carbonyl (C=O) groups excluding carboxylic acids is 2. The predicted octanol–water partition coefficient (Wildman–Crippen LogP) is 4.61. The number of nitrogens with one attached hydrogen (secondary N) is 1. The van der Waals surface area contributed by atoms with Gasteiger partial charge in [0.2, 0.25) is 11.7 Å². The molecule has 0 saturated carbocycles. The van der Waals surface area contributed by atoms with Crippen molar-refractivity contribution in [2.45, 2.75) is 32.6 Å². The number of halogens is 2. The largest absolute Gasteiger partial charge is 0.464 e. The molecule has 0 aliphatic heterocycles. The number of tetrazole rings is 1. The summed E-state index contributed by atoms with van der Waals surface area (Å²) in [6.45, 7) is 1.64. The molecular weight excluding hydrogens is 530 g/mol. The maximum atomic E-state index is 13.8. The van der Waals surface area contributed by atoms with E-state index in [-0.39, 0.29) is 37.0 Å². The van der Waals surface area contributed by atoms with Crippen LogP contribution in [0.5, 0.6) is 0 Å². The van der Waals surface area contributed by atoms with Crippen LogP contribution in [0, 0.1) is 18.6 Å². The second-order valence-corrected chi connectivity index (χ2v) is 9.35. The van der Waals surface area contributed by atoms with Crippen molar-refractivity contribution in [3.8, 4) is 11.4 Å². The summed E-state index contributed by atoms with van der Waals surface area (Å²) in [5.41, 5.74) is 2.02. The van der Waals surface area contributed by atoms with Gasteiger partial charge in [0.1, 0.15) is 29.7 Å². The maximum absolute atomic E-state index is 13.8. The van der Waals surface area contributed by atoms with Crippen LogP contribution in [0.15, 0.2) is 95.4 Å². The highest BCUT2D eigenvalue weighted by atomic mass is 19.1. The Kier molecular flexibility index (Phi) is 8.23. The lowest BCUT2D eigenvalue weighted by Crippen LogP contribution is -2.44. The van der Waals surface area contributed by atoms with Gasteiger partial charge in [0.05, 0.1) is 0 Å². The lowest BCUT2D eigenvalue weighted by atomic mass is 10.1. The molecule has 11 heteroatoms. The lowest BCUT2D eigenvalue weighted by Gasteiger charge is -2.30. The van der Waals surface area contributed by atoms with Crippen molar-refractivity contribution in [3.63, 3.8) is 0 Å². The zero-order valence-corrected chi connectivity index (χ0v) is 22.1. The van der Waals surface area contributed by atoms with Crippen molar-refractivity contribution in [2.75, 3.05) is 0 Å². The van der Waals surface area contributed by atoms with Crippen molar-refractivity contribution in [1.82, 2.24) is 30.4 Å².